The van der Waals surface area contributed by atoms with Gasteiger partial charge in [-0.05, 0) is 26.2 Å². The van der Waals surface area contributed by atoms with Gasteiger partial charge in [0.25, 0.3) is 0 Å². The summed E-state index contributed by atoms with van der Waals surface area (Å²) in [5, 5.41) is 0. The minimum Gasteiger partial charge on any atom is -0.343 e. The highest BCUT2D eigenvalue weighted by Gasteiger charge is 2.05. The average Bonchev–Trinajstić information content (AvgIpc) is 2.46. The number of pyridine rings is 1. The first-order valence-corrected chi connectivity index (χ1v) is 6.26. The van der Waals surface area contributed by atoms with Gasteiger partial charge in [0.15, 0.2) is 0 Å². The topological polar surface area (TPSA) is 45.2 Å². The van der Waals surface area contributed by atoms with Crippen LogP contribution in [0.5, 0.6) is 0 Å². The zero-order chi connectivity index (χ0) is 13.7. The van der Waals surface area contributed by atoms with Gasteiger partial charge in [-0.25, -0.2) is 9.97 Å². The van der Waals surface area contributed by atoms with Crippen molar-refractivity contribution in [1.82, 2.24) is 19.9 Å². The molecule has 0 saturated heterocycles. The quantitative estimate of drug-likeness (QED) is 0.813. The Bertz CT molecular complexity index is 495. The molecule has 5 nitrogen and oxygen atoms in total. The van der Waals surface area contributed by atoms with Crippen LogP contribution in [-0.2, 0) is 0 Å². The number of likely N-dealkylation sites (N-methyl/N-ethyl adjacent to an activating group) is 2. The monoisotopic (exact) mass is 257 g/mol. The molecule has 0 aliphatic heterocycles. The zero-order valence-electron chi connectivity index (χ0n) is 11.6. The molecule has 0 N–H and O–H groups in total. The predicted octanol–water partition coefficient (Wildman–Crippen LogP) is 1.54. The highest BCUT2D eigenvalue weighted by molar-refractivity contribution is 5.56. The molecule has 2 heterocycles. The molecule has 5 heteroatoms. The molecule has 0 aromatic carbocycles. The van der Waals surface area contributed by atoms with Crippen molar-refractivity contribution in [3.8, 4) is 11.3 Å². The van der Waals surface area contributed by atoms with E-state index >= 15 is 0 Å². The van der Waals surface area contributed by atoms with E-state index in [1.54, 1.807) is 6.20 Å². The van der Waals surface area contributed by atoms with E-state index in [0.717, 1.165) is 30.3 Å². The Kier molecular flexibility index (Phi) is 4.41. The first-order valence-electron chi connectivity index (χ1n) is 6.26. The van der Waals surface area contributed by atoms with Crippen LogP contribution in [0, 0.1) is 0 Å². The van der Waals surface area contributed by atoms with Crippen molar-refractivity contribution in [2.24, 2.45) is 0 Å². The molecule has 0 saturated carbocycles. The SMILES string of the molecule is CN(C)CCN(C)c1ncc(-c2ccccn2)cn1. The van der Waals surface area contributed by atoms with Gasteiger partial charge >= 0.3 is 0 Å². The van der Waals surface area contributed by atoms with Crippen LogP contribution in [-0.4, -0.2) is 54.1 Å². The van der Waals surface area contributed by atoms with Gasteiger partial charge in [-0.3, -0.25) is 4.98 Å². The number of rotatable bonds is 5. The molecule has 0 aliphatic rings. The van der Waals surface area contributed by atoms with Crippen LogP contribution in [0.3, 0.4) is 0 Å². The van der Waals surface area contributed by atoms with E-state index in [9.17, 15) is 0 Å². The van der Waals surface area contributed by atoms with Gasteiger partial charge in [-0.1, -0.05) is 6.07 Å². The van der Waals surface area contributed by atoms with E-state index in [0.29, 0.717) is 0 Å². The Labute approximate surface area is 113 Å². The number of hydrogen-bond donors (Lipinski definition) is 0. The second kappa shape index (κ2) is 6.24. The van der Waals surface area contributed by atoms with Crippen LogP contribution in [0.15, 0.2) is 36.8 Å². The van der Waals surface area contributed by atoms with Crippen molar-refractivity contribution in [2.45, 2.75) is 0 Å². The number of aromatic nitrogens is 3. The lowest BCUT2D eigenvalue weighted by Gasteiger charge is -2.19. The van der Waals surface area contributed by atoms with Crippen LogP contribution in [0.4, 0.5) is 5.95 Å². The van der Waals surface area contributed by atoms with Gasteiger partial charge in [0.2, 0.25) is 5.95 Å². The molecule has 0 aliphatic carbocycles. The lowest BCUT2D eigenvalue weighted by atomic mass is 10.2. The highest BCUT2D eigenvalue weighted by Crippen LogP contribution is 2.15. The van der Waals surface area contributed by atoms with E-state index in [1.165, 1.54) is 0 Å². The van der Waals surface area contributed by atoms with Crippen molar-refractivity contribution in [2.75, 3.05) is 39.1 Å². The number of hydrogen-bond acceptors (Lipinski definition) is 5. The normalized spacial score (nSPS) is 10.7. The molecule has 2 aromatic heterocycles. The Hall–Kier alpha value is -2.01. The summed E-state index contributed by atoms with van der Waals surface area (Å²) in [6, 6.07) is 5.81. The molecule has 0 fully saturated rings. The smallest absolute Gasteiger partial charge is 0.225 e. The van der Waals surface area contributed by atoms with Gasteiger partial charge in [0.05, 0.1) is 5.69 Å². The summed E-state index contributed by atoms with van der Waals surface area (Å²) in [5.41, 5.74) is 1.83. The maximum Gasteiger partial charge on any atom is 0.225 e. The second-order valence-corrected chi connectivity index (χ2v) is 4.71. The summed E-state index contributed by atoms with van der Waals surface area (Å²) < 4.78 is 0. The molecule has 2 aromatic rings. The first kappa shape index (κ1) is 13.4. The first-order chi connectivity index (χ1) is 9.16. The van der Waals surface area contributed by atoms with Gasteiger partial charge in [-0.15, -0.1) is 0 Å². The molecule has 0 bridgehead atoms. The molecule has 0 unspecified atom stereocenters. The molecule has 0 radical (unpaired) electrons. The third kappa shape index (κ3) is 3.72. The highest BCUT2D eigenvalue weighted by atomic mass is 15.2. The van der Waals surface area contributed by atoms with Gasteiger partial charge in [0, 0.05) is 44.3 Å². The summed E-state index contributed by atoms with van der Waals surface area (Å²) in [4.78, 5) is 17.2. The summed E-state index contributed by atoms with van der Waals surface area (Å²) >= 11 is 0. The van der Waals surface area contributed by atoms with Crippen molar-refractivity contribution in [1.29, 1.82) is 0 Å². The third-order valence-corrected chi connectivity index (χ3v) is 2.82. The molecule has 2 rings (SSSR count). The standard InChI is InChI=1S/C14H19N5/c1-18(2)8-9-19(3)14-16-10-12(11-17-14)13-6-4-5-7-15-13/h4-7,10-11H,8-9H2,1-3H3. The fraction of sp³-hybridized carbons (Fsp3) is 0.357. The van der Waals surface area contributed by atoms with E-state index in [2.05, 4.69) is 33.9 Å². The fourth-order valence-corrected chi connectivity index (χ4v) is 1.63. The number of anilines is 1. The van der Waals surface area contributed by atoms with Crippen molar-refractivity contribution in [3.63, 3.8) is 0 Å². The lowest BCUT2D eigenvalue weighted by molar-refractivity contribution is 0.415. The molecular weight excluding hydrogens is 238 g/mol. The molecule has 0 spiro atoms. The molecular formula is C14H19N5. The zero-order valence-corrected chi connectivity index (χ0v) is 11.6. The van der Waals surface area contributed by atoms with Gasteiger partial charge < -0.3 is 9.80 Å². The van der Waals surface area contributed by atoms with Crippen LogP contribution in [0.1, 0.15) is 0 Å². The molecule has 0 amide bonds. The van der Waals surface area contributed by atoms with Gasteiger partial charge in [-0.2, -0.15) is 0 Å². The minimum absolute atomic E-state index is 0.738. The van der Waals surface area contributed by atoms with E-state index in [1.807, 2.05) is 42.5 Å². The Morgan fingerprint density at radius 2 is 1.68 bits per heavy atom. The van der Waals surface area contributed by atoms with Crippen molar-refractivity contribution < 1.29 is 0 Å². The Morgan fingerprint density at radius 3 is 2.26 bits per heavy atom. The average molecular weight is 257 g/mol. The Balaban J connectivity index is 2.06. The van der Waals surface area contributed by atoms with Crippen LogP contribution < -0.4 is 4.90 Å². The third-order valence-electron chi connectivity index (χ3n) is 2.82. The summed E-state index contributed by atoms with van der Waals surface area (Å²) in [5.74, 6) is 0.738. The van der Waals surface area contributed by atoms with Crippen LogP contribution in [0.2, 0.25) is 0 Å². The summed E-state index contributed by atoms with van der Waals surface area (Å²) in [7, 11) is 6.11. The van der Waals surface area contributed by atoms with Crippen molar-refractivity contribution in [3.05, 3.63) is 36.8 Å². The predicted molar refractivity (Wildman–Crippen MR) is 77.1 cm³/mol. The minimum atomic E-state index is 0.738. The summed E-state index contributed by atoms with van der Waals surface area (Å²) in [6.07, 6.45) is 5.40. The van der Waals surface area contributed by atoms with E-state index in [-0.39, 0.29) is 0 Å². The van der Waals surface area contributed by atoms with E-state index < -0.39 is 0 Å². The van der Waals surface area contributed by atoms with Crippen LogP contribution >= 0.6 is 0 Å². The summed E-state index contributed by atoms with van der Waals surface area (Å²) in [6.45, 7) is 1.87. The lowest BCUT2D eigenvalue weighted by Crippen LogP contribution is -2.29. The maximum absolute atomic E-state index is 4.39. The molecule has 19 heavy (non-hydrogen) atoms. The largest absolute Gasteiger partial charge is 0.343 e. The Morgan fingerprint density at radius 1 is 0.947 bits per heavy atom. The molecule has 0 atom stereocenters. The maximum atomic E-state index is 4.39. The number of nitrogens with zero attached hydrogens (tertiary/aromatic N) is 5. The fourth-order valence-electron chi connectivity index (χ4n) is 1.63. The second-order valence-electron chi connectivity index (χ2n) is 4.71. The van der Waals surface area contributed by atoms with Crippen molar-refractivity contribution >= 4 is 5.95 Å². The molecule has 100 valence electrons. The van der Waals surface area contributed by atoms with Crippen LogP contribution in [0.25, 0.3) is 11.3 Å². The van der Waals surface area contributed by atoms with Gasteiger partial charge in [0.1, 0.15) is 0 Å². The van der Waals surface area contributed by atoms with E-state index in [4.69, 9.17) is 0 Å².